The van der Waals surface area contributed by atoms with Crippen LogP contribution in [0.4, 0.5) is 0 Å². The van der Waals surface area contributed by atoms with E-state index in [1.54, 1.807) is 0 Å². The van der Waals surface area contributed by atoms with Gasteiger partial charge in [0.25, 0.3) is 0 Å². The molecule has 1 heterocycles. The number of rotatable bonds is 1. The third kappa shape index (κ3) is 28.4. The van der Waals surface area contributed by atoms with Gasteiger partial charge in [0.15, 0.2) is 6.10 Å². The lowest BCUT2D eigenvalue weighted by molar-refractivity contribution is -0.161. The van der Waals surface area contributed by atoms with Gasteiger partial charge in [0, 0.05) is 24.3 Å². The number of esters is 2. The van der Waals surface area contributed by atoms with Crippen LogP contribution in [-0.2, 0) is 19.1 Å². The molecule has 0 bridgehead atoms. The number of carbonyl (C=O) groups excluding carboxylic acids is 2. The number of cyclic esters (lactones) is 2. The van der Waals surface area contributed by atoms with Gasteiger partial charge in [-0.25, -0.2) is 0 Å². The van der Waals surface area contributed by atoms with E-state index in [1.165, 1.54) is 146 Å². The number of ether oxygens (including phenoxy) is 2. The van der Waals surface area contributed by atoms with E-state index in [2.05, 4.69) is 21.6 Å². The fourth-order valence-electron chi connectivity index (χ4n) is 5.49. The molecule has 0 aromatic heterocycles. The number of hydrogen-bond acceptors (Lipinski definition) is 7. The molecule has 1 saturated heterocycles. The Hall–Kier alpha value is -0.400. The van der Waals surface area contributed by atoms with Gasteiger partial charge in [-0.15, -0.1) is 0 Å². The van der Waals surface area contributed by atoms with Crippen molar-refractivity contribution in [1.29, 1.82) is 0 Å². The van der Waals surface area contributed by atoms with Crippen molar-refractivity contribution in [3.8, 4) is 0 Å². The molecule has 1 unspecified atom stereocenters. The van der Waals surface area contributed by atoms with Crippen molar-refractivity contribution in [3.05, 3.63) is 0 Å². The van der Waals surface area contributed by atoms with Crippen molar-refractivity contribution in [3.63, 3.8) is 0 Å². The average Bonchev–Trinajstić information content (AvgIpc) is 2.99. The fourth-order valence-corrected chi connectivity index (χ4v) is 7.79. The zero-order valence-corrected chi connectivity index (χ0v) is 28.7. The van der Waals surface area contributed by atoms with E-state index in [9.17, 15) is 14.7 Å². The molecule has 248 valence electrons. The maximum absolute atomic E-state index is 12.1. The van der Waals surface area contributed by atoms with Crippen molar-refractivity contribution in [2.45, 2.75) is 186 Å². The van der Waals surface area contributed by atoms with Gasteiger partial charge in [0.1, 0.15) is 6.61 Å². The van der Waals surface area contributed by atoms with E-state index < -0.39 is 6.10 Å². The Morgan fingerprint density at radius 1 is 0.476 bits per heavy atom. The molecule has 1 N–H and O–H groups in total. The van der Waals surface area contributed by atoms with E-state index >= 15 is 0 Å². The highest BCUT2D eigenvalue weighted by Gasteiger charge is 2.16. The second-order valence-electron chi connectivity index (χ2n) is 12.3. The standard InChI is InChI=1S/C35H66O5S2/c36-31-33-32-39-34(37)27-23-19-15-11-7-3-1-5-9-13-17-21-25-29-41-42-30-26-22-18-14-10-6-2-4-8-12-16-20-24-28-35(38)40-33/h33,36H,1-32H2. The predicted molar refractivity (Wildman–Crippen MR) is 182 cm³/mol. The Kier molecular flexibility index (Phi) is 30.2. The SMILES string of the molecule is O=C1CCCCCCCCCCCCCCCSSCCCCCCCCCCCCCCCC(=O)OC(CO)CO1. The highest BCUT2D eigenvalue weighted by atomic mass is 33.1. The van der Waals surface area contributed by atoms with Crippen LogP contribution in [0.2, 0.25) is 0 Å². The van der Waals surface area contributed by atoms with Crippen LogP contribution in [0, 0.1) is 0 Å². The van der Waals surface area contributed by atoms with Crippen LogP contribution in [-0.4, -0.2) is 47.9 Å². The van der Waals surface area contributed by atoms with Crippen molar-refractivity contribution in [2.24, 2.45) is 0 Å². The first-order valence-corrected chi connectivity index (χ1v) is 20.4. The number of carbonyl (C=O) groups is 2. The third-order valence-corrected chi connectivity index (χ3v) is 10.8. The molecule has 5 nitrogen and oxygen atoms in total. The lowest BCUT2D eigenvalue weighted by atomic mass is 10.0. The summed E-state index contributed by atoms with van der Waals surface area (Å²) in [4.78, 5) is 24.2. The fraction of sp³-hybridized carbons (Fsp3) is 0.943. The van der Waals surface area contributed by atoms with Crippen LogP contribution in [0.25, 0.3) is 0 Å². The van der Waals surface area contributed by atoms with Gasteiger partial charge < -0.3 is 14.6 Å². The molecule has 42 heavy (non-hydrogen) atoms. The van der Waals surface area contributed by atoms with Crippen LogP contribution in [0.3, 0.4) is 0 Å². The Bertz CT molecular complexity index is 604. The second kappa shape index (κ2) is 32.0. The van der Waals surface area contributed by atoms with Gasteiger partial charge >= 0.3 is 11.9 Å². The van der Waals surface area contributed by atoms with E-state index in [1.807, 2.05) is 0 Å². The second-order valence-corrected chi connectivity index (χ2v) is 15.0. The van der Waals surface area contributed by atoms with Crippen LogP contribution >= 0.6 is 21.6 Å². The van der Waals surface area contributed by atoms with Crippen molar-refractivity contribution >= 4 is 33.5 Å². The minimum atomic E-state index is -0.759. The summed E-state index contributed by atoms with van der Waals surface area (Å²) in [6.45, 7) is -0.378. The van der Waals surface area contributed by atoms with E-state index in [-0.39, 0.29) is 25.2 Å². The van der Waals surface area contributed by atoms with Gasteiger partial charge in [-0.05, 0) is 25.7 Å². The van der Waals surface area contributed by atoms with Gasteiger partial charge in [-0.2, -0.15) is 0 Å². The Morgan fingerprint density at radius 2 is 0.786 bits per heavy atom. The normalized spacial score (nSPS) is 24.4. The summed E-state index contributed by atoms with van der Waals surface area (Å²) in [7, 11) is 4.19. The Balaban J connectivity index is 2.20. The average molecular weight is 631 g/mol. The quantitative estimate of drug-likeness (QED) is 0.228. The highest BCUT2D eigenvalue weighted by Crippen LogP contribution is 2.25. The van der Waals surface area contributed by atoms with Crippen LogP contribution in [0.15, 0.2) is 0 Å². The van der Waals surface area contributed by atoms with E-state index in [0.717, 1.165) is 32.1 Å². The maximum atomic E-state index is 12.1. The summed E-state index contributed by atoms with van der Waals surface area (Å²) >= 11 is 0. The molecule has 0 saturated carbocycles. The Labute approximate surface area is 267 Å². The maximum Gasteiger partial charge on any atom is 0.306 e. The first-order chi connectivity index (χ1) is 20.7. The van der Waals surface area contributed by atoms with Crippen LogP contribution in [0.1, 0.15) is 180 Å². The monoisotopic (exact) mass is 630 g/mol. The lowest BCUT2D eigenvalue weighted by Crippen LogP contribution is -2.28. The molecule has 0 aromatic carbocycles. The van der Waals surface area contributed by atoms with Crippen molar-refractivity contribution < 1.29 is 24.2 Å². The van der Waals surface area contributed by atoms with Gasteiger partial charge in [0.2, 0.25) is 0 Å². The predicted octanol–water partition coefficient (Wildman–Crippen LogP) is 10.8. The minimum Gasteiger partial charge on any atom is -0.462 e. The van der Waals surface area contributed by atoms with Gasteiger partial charge in [-0.1, -0.05) is 163 Å². The van der Waals surface area contributed by atoms with E-state index in [4.69, 9.17) is 9.47 Å². The molecule has 7 heteroatoms. The number of hydrogen-bond donors (Lipinski definition) is 1. The highest BCUT2D eigenvalue weighted by molar-refractivity contribution is 8.76. The Morgan fingerprint density at radius 3 is 1.14 bits per heavy atom. The third-order valence-electron chi connectivity index (χ3n) is 8.23. The molecule has 0 radical (unpaired) electrons. The largest absolute Gasteiger partial charge is 0.462 e. The van der Waals surface area contributed by atoms with Crippen LogP contribution < -0.4 is 0 Å². The first-order valence-electron chi connectivity index (χ1n) is 17.9. The number of aliphatic hydroxyl groups is 1. The molecule has 1 fully saturated rings. The summed E-state index contributed by atoms with van der Waals surface area (Å²) in [5.41, 5.74) is 0. The van der Waals surface area contributed by atoms with Crippen molar-refractivity contribution in [1.82, 2.24) is 0 Å². The summed E-state index contributed by atoms with van der Waals surface area (Å²) in [5.74, 6) is 2.07. The first kappa shape index (κ1) is 39.6. The minimum absolute atomic E-state index is 0.0562. The molecule has 0 spiro atoms. The van der Waals surface area contributed by atoms with Crippen molar-refractivity contribution in [2.75, 3.05) is 24.7 Å². The topological polar surface area (TPSA) is 72.8 Å². The zero-order chi connectivity index (χ0) is 30.2. The molecular formula is C35H66O5S2. The van der Waals surface area contributed by atoms with Gasteiger partial charge in [-0.3, -0.25) is 9.59 Å². The lowest BCUT2D eigenvalue weighted by Gasteiger charge is -2.15. The molecule has 1 atom stereocenters. The van der Waals surface area contributed by atoms with E-state index in [0.29, 0.717) is 12.8 Å². The summed E-state index contributed by atoms with van der Waals surface area (Å²) in [5, 5.41) is 9.52. The molecule has 0 amide bonds. The molecule has 0 aliphatic carbocycles. The molecular weight excluding hydrogens is 565 g/mol. The number of aliphatic hydroxyl groups excluding tert-OH is 1. The molecule has 1 aliphatic rings. The molecule has 1 rings (SSSR count). The van der Waals surface area contributed by atoms with Gasteiger partial charge in [0.05, 0.1) is 6.61 Å². The molecule has 1 aliphatic heterocycles. The van der Waals surface area contributed by atoms with Crippen LogP contribution in [0.5, 0.6) is 0 Å². The smallest absolute Gasteiger partial charge is 0.306 e. The summed E-state index contributed by atoms with van der Waals surface area (Å²) < 4.78 is 10.6. The summed E-state index contributed by atoms with van der Waals surface area (Å²) in [6.07, 6.45) is 33.2. The molecule has 0 aromatic rings. The summed E-state index contributed by atoms with van der Waals surface area (Å²) in [6, 6.07) is 0. The zero-order valence-electron chi connectivity index (χ0n) is 27.1.